The van der Waals surface area contributed by atoms with Gasteiger partial charge in [-0.1, -0.05) is 0 Å². The lowest BCUT2D eigenvalue weighted by atomic mass is 9.87. The summed E-state index contributed by atoms with van der Waals surface area (Å²) in [6.45, 7) is 7.78. The first-order chi connectivity index (χ1) is 8.31. The van der Waals surface area contributed by atoms with Crippen molar-refractivity contribution in [1.82, 2.24) is 10.2 Å². The normalized spacial score (nSPS) is 25.3. The van der Waals surface area contributed by atoms with Crippen molar-refractivity contribution < 1.29 is 9.53 Å². The Balaban J connectivity index is 2.41. The van der Waals surface area contributed by atoms with E-state index < -0.39 is 11.7 Å². The lowest BCUT2D eigenvalue weighted by Gasteiger charge is -2.33. The molecule has 102 valence electrons. The first-order valence-corrected chi connectivity index (χ1v) is 6.37. The number of hydrogen-bond acceptors (Lipinski definition) is 4. The lowest BCUT2D eigenvalue weighted by Crippen LogP contribution is -2.44. The summed E-state index contributed by atoms with van der Waals surface area (Å²) >= 11 is 0. The fourth-order valence-corrected chi connectivity index (χ4v) is 2.12. The first-order valence-electron chi connectivity index (χ1n) is 6.37. The summed E-state index contributed by atoms with van der Waals surface area (Å²) in [7, 11) is 2.04. The third-order valence-electron chi connectivity index (χ3n) is 3.01. The van der Waals surface area contributed by atoms with Gasteiger partial charge in [-0.15, -0.1) is 0 Å². The fraction of sp³-hybridized carbons (Fsp3) is 0.846. The van der Waals surface area contributed by atoms with Crippen LogP contribution in [0.15, 0.2) is 0 Å². The van der Waals surface area contributed by atoms with Crippen molar-refractivity contribution in [2.45, 2.75) is 32.8 Å². The maximum absolute atomic E-state index is 11.5. The van der Waals surface area contributed by atoms with Gasteiger partial charge >= 0.3 is 6.09 Å². The molecule has 18 heavy (non-hydrogen) atoms. The molecule has 1 heterocycles. The van der Waals surface area contributed by atoms with E-state index in [0.717, 1.165) is 19.5 Å². The third-order valence-corrected chi connectivity index (χ3v) is 3.01. The van der Waals surface area contributed by atoms with Crippen LogP contribution in [0.4, 0.5) is 4.79 Å². The second kappa shape index (κ2) is 6.05. The van der Waals surface area contributed by atoms with Gasteiger partial charge in [-0.25, -0.2) is 4.79 Å². The first kappa shape index (κ1) is 14.8. The molecular weight excluding hydrogens is 230 g/mol. The molecule has 0 unspecified atom stereocenters. The van der Waals surface area contributed by atoms with Gasteiger partial charge in [0.25, 0.3) is 0 Å². The van der Waals surface area contributed by atoms with E-state index in [1.165, 1.54) is 0 Å². The van der Waals surface area contributed by atoms with E-state index in [9.17, 15) is 4.79 Å². The molecule has 0 aromatic heterocycles. The smallest absolute Gasteiger partial charge is 0.407 e. The number of rotatable bonds is 2. The molecule has 0 bridgehead atoms. The molecule has 1 fully saturated rings. The van der Waals surface area contributed by atoms with E-state index in [0.29, 0.717) is 6.54 Å². The summed E-state index contributed by atoms with van der Waals surface area (Å²) in [5.74, 6) is 0.206. The molecule has 0 aliphatic carbocycles. The number of alkyl carbamates (subject to hydrolysis) is 1. The number of nitrogens with zero attached hydrogens (tertiary/aromatic N) is 2. The van der Waals surface area contributed by atoms with Crippen molar-refractivity contribution in [2.75, 3.05) is 26.7 Å². The van der Waals surface area contributed by atoms with Gasteiger partial charge in [0.2, 0.25) is 0 Å². The molecule has 5 nitrogen and oxygen atoms in total. The van der Waals surface area contributed by atoms with Crippen LogP contribution in [0.25, 0.3) is 0 Å². The van der Waals surface area contributed by atoms with Crippen LogP contribution >= 0.6 is 0 Å². The Morgan fingerprint density at radius 1 is 1.56 bits per heavy atom. The quantitative estimate of drug-likeness (QED) is 0.812. The van der Waals surface area contributed by atoms with Crippen molar-refractivity contribution >= 4 is 6.09 Å². The number of ether oxygens (including phenoxy) is 1. The summed E-state index contributed by atoms with van der Waals surface area (Å²) in [6.07, 6.45) is 0.459. The molecule has 0 radical (unpaired) electrons. The van der Waals surface area contributed by atoms with Gasteiger partial charge < -0.3 is 15.0 Å². The van der Waals surface area contributed by atoms with Crippen LogP contribution in [0.5, 0.6) is 0 Å². The highest BCUT2D eigenvalue weighted by molar-refractivity contribution is 5.67. The Kier molecular flexibility index (Phi) is 4.97. The molecule has 0 aromatic rings. The van der Waals surface area contributed by atoms with Crippen LogP contribution in [0.3, 0.4) is 0 Å². The van der Waals surface area contributed by atoms with E-state index in [4.69, 9.17) is 10.00 Å². The van der Waals surface area contributed by atoms with Crippen molar-refractivity contribution in [2.24, 2.45) is 11.8 Å². The minimum absolute atomic E-state index is 0.0242. The maximum Gasteiger partial charge on any atom is 0.407 e. The van der Waals surface area contributed by atoms with E-state index in [1.54, 1.807) is 0 Å². The van der Waals surface area contributed by atoms with Crippen molar-refractivity contribution in [1.29, 1.82) is 5.26 Å². The summed E-state index contributed by atoms with van der Waals surface area (Å²) in [6, 6.07) is 2.33. The zero-order chi connectivity index (χ0) is 13.8. The molecule has 1 aliphatic heterocycles. The highest BCUT2D eigenvalue weighted by atomic mass is 16.6. The topological polar surface area (TPSA) is 65.4 Å². The van der Waals surface area contributed by atoms with Crippen LogP contribution in [-0.4, -0.2) is 43.3 Å². The highest BCUT2D eigenvalue weighted by Gasteiger charge is 2.28. The molecule has 1 aliphatic rings. The van der Waals surface area contributed by atoms with Gasteiger partial charge in [0.15, 0.2) is 0 Å². The number of piperidine rings is 1. The number of carbonyl (C=O) groups is 1. The van der Waals surface area contributed by atoms with Gasteiger partial charge in [0.05, 0.1) is 12.0 Å². The van der Waals surface area contributed by atoms with Gasteiger partial charge in [0, 0.05) is 19.0 Å². The minimum Gasteiger partial charge on any atom is -0.444 e. The predicted octanol–water partition coefficient (Wildman–Crippen LogP) is 1.60. The number of amides is 1. The number of nitriles is 1. The summed E-state index contributed by atoms with van der Waals surface area (Å²) in [4.78, 5) is 13.7. The van der Waals surface area contributed by atoms with Crippen molar-refractivity contribution in [3.8, 4) is 6.07 Å². The van der Waals surface area contributed by atoms with E-state index in [2.05, 4.69) is 16.3 Å². The minimum atomic E-state index is -0.484. The molecular formula is C13H23N3O2. The Labute approximate surface area is 109 Å². The maximum atomic E-state index is 11.5. The van der Waals surface area contributed by atoms with Crippen LogP contribution in [0.2, 0.25) is 0 Å². The second-order valence-corrected chi connectivity index (χ2v) is 5.93. The third kappa shape index (κ3) is 4.92. The van der Waals surface area contributed by atoms with E-state index in [1.807, 2.05) is 27.8 Å². The Bertz CT molecular complexity index is 330. The zero-order valence-corrected chi connectivity index (χ0v) is 11.7. The monoisotopic (exact) mass is 253 g/mol. The fourth-order valence-electron chi connectivity index (χ4n) is 2.12. The Morgan fingerprint density at radius 2 is 2.22 bits per heavy atom. The molecule has 1 amide bonds. The molecule has 1 saturated heterocycles. The van der Waals surface area contributed by atoms with Crippen LogP contribution in [0.1, 0.15) is 27.2 Å². The summed E-state index contributed by atoms with van der Waals surface area (Å²) in [5, 5.41) is 11.8. The van der Waals surface area contributed by atoms with Gasteiger partial charge in [-0.2, -0.15) is 5.26 Å². The average Bonchev–Trinajstić information content (AvgIpc) is 2.24. The van der Waals surface area contributed by atoms with Gasteiger partial charge in [-0.3, -0.25) is 0 Å². The predicted molar refractivity (Wildman–Crippen MR) is 68.9 cm³/mol. The van der Waals surface area contributed by atoms with Crippen molar-refractivity contribution in [3.63, 3.8) is 0 Å². The van der Waals surface area contributed by atoms with Gasteiger partial charge in [-0.05, 0) is 40.8 Å². The highest BCUT2D eigenvalue weighted by Crippen LogP contribution is 2.21. The van der Waals surface area contributed by atoms with E-state index >= 15 is 0 Å². The number of nitrogens with one attached hydrogen (secondary N) is 1. The zero-order valence-electron chi connectivity index (χ0n) is 11.7. The summed E-state index contributed by atoms with van der Waals surface area (Å²) in [5.41, 5.74) is -0.484. The molecule has 5 heteroatoms. The van der Waals surface area contributed by atoms with Gasteiger partial charge in [0.1, 0.15) is 5.60 Å². The molecule has 0 spiro atoms. The Morgan fingerprint density at radius 3 is 2.78 bits per heavy atom. The van der Waals surface area contributed by atoms with Crippen LogP contribution in [-0.2, 0) is 4.74 Å². The van der Waals surface area contributed by atoms with Crippen LogP contribution < -0.4 is 5.32 Å². The molecule has 0 aromatic carbocycles. The largest absolute Gasteiger partial charge is 0.444 e. The van der Waals surface area contributed by atoms with Crippen molar-refractivity contribution in [3.05, 3.63) is 0 Å². The Hall–Kier alpha value is -1.28. The number of hydrogen-bond donors (Lipinski definition) is 1. The molecule has 0 saturated carbocycles. The molecule has 2 atom stereocenters. The number of likely N-dealkylation sites (tertiary alicyclic amines) is 1. The van der Waals surface area contributed by atoms with E-state index in [-0.39, 0.29) is 11.8 Å². The SMILES string of the molecule is CN1CC[C@H](C#N)[C@H](CNC(=O)OC(C)(C)C)C1. The lowest BCUT2D eigenvalue weighted by molar-refractivity contribution is 0.0502. The van der Waals surface area contributed by atoms with Crippen LogP contribution in [0, 0.1) is 23.2 Å². The average molecular weight is 253 g/mol. The summed E-state index contributed by atoms with van der Waals surface area (Å²) < 4.78 is 5.18. The standard InChI is InChI=1S/C13H23N3O2/c1-13(2,3)18-12(17)15-8-11-9-16(4)6-5-10(11)7-14/h10-11H,5-6,8-9H2,1-4H3,(H,15,17)/t10-,11-/m1/s1. The molecule has 1 N–H and O–H groups in total. The number of carbonyl (C=O) groups excluding carboxylic acids is 1. The second-order valence-electron chi connectivity index (χ2n) is 5.93. The molecule has 1 rings (SSSR count).